The molecule has 1 amide bonds. The highest BCUT2D eigenvalue weighted by Crippen LogP contribution is 2.31. The fraction of sp³-hybridized carbons (Fsp3) is 0.345. The average Bonchev–Trinajstić information content (AvgIpc) is 2.90. The summed E-state index contributed by atoms with van der Waals surface area (Å²) >= 11 is 0. The van der Waals surface area contributed by atoms with Gasteiger partial charge in [-0.3, -0.25) is 4.79 Å². The van der Waals surface area contributed by atoms with Crippen LogP contribution >= 0.6 is 0 Å². The predicted octanol–water partition coefficient (Wildman–Crippen LogP) is 4.56. The van der Waals surface area contributed by atoms with E-state index in [1.165, 1.54) is 17.0 Å². The van der Waals surface area contributed by atoms with Gasteiger partial charge < -0.3 is 25.7 Å². The molecular formula is C29H34F3N3O3. The number of likely N-dealkylation sites (tertiary alicyclic amines) is 1. The first-order valence-corrected chi connectivity index (χ1v) is 12.6. The van der Waals surface area contributed by atoms with E-state index in [2.05, 4.69) is 10.6 Å². The van der Waals surface area contributed by atoms with Crippen molar-refractivity contribution in [2.45, 2.75) is 38.8 Å². The number of β-amino-alcohol motifs (C(OH)–C–C–N with tert-alkyl or cyclic N) is 1. The summed E-state index contributed by atoms with van der Waals surface area (Å²) in [6.45, 7) is 5.60. The number of nitrogens with one attached hydrogen (secondary N) is 2. The van der Waals surface area contributed by atoms with Gasteiger partial charge in [0.2, 0.25) is 0 Å². The van der Waals surface area contributed by atoms with Crippen LogP contribution in [-0.2, 0) is 6.42 Å². The minimum Gasteiger partial charge on any atom is -0.395 e. The number of carbonyl (C=O) groups is 1. The molecule has 3 aromatic carbocycles. The van der Waals surface area contributed by atoms with Gasteiger partial charge in [-0.2, -0.15) is 0 Å². The second-order valence-corrected chi connectivity index (χ2v) is 9.23. The van der Waals surface area contributed by atoms with Crippen molar-refractivity contribution in [3.63, 3.8) is 0 Å². The first kappa shape index (κ1) is 29.2. The number of anilines is 2. The van der Waals surface area contributed by atoms with E-state index in [-0.39, 0.29) is 43.5 Å². The lowest BCUT2D eigenvalue weighted by Gasteiger charge is -2.47. The SMILES string of the molecule is CC.Cc1ccc(Nc2c(C(=O)N3CC(O)(CNC(CO)Cc4ccccc4)C3)ccc(F)c2F)c(F)c1. The van der Waals surface area contributed by atoms with E-state index in [1.54, 1.807) is 13.0 Å². The molecule has 204 valence electrons. The minimum absolute atomic E-state index is 0.0420. The molecule has 1 saturated heterocycles. The highest BCUT2D eigenvalue weighted by atomic mass is 19.2. The highest BCUT2D eigenvalue weighted by Gasteiger charge is 2.44. The molecule has 9 heteroatoms. The summed E-state index contributed by atoms with van der Waals surface area (Å²) in [5.41, 5.74) is -0.313. The molecule has 0 radical (unpaired) electrons. The summed E-state index contributed by atoms with van der Waals surface area (Å²) in [5.74, 6) is -3.78. The number of aliphatic hydroxyl groups is 2. The third-order valence-electron chi connectivity index (χ3n) is 6.23. The van der Waals surface area contributed by atoms with Crippen molar-refractivity contribution in [3.8, 4) is 0 Å². The van der Waals surface area contributed by atoms with Gasteiger partial charge >= 0.3 is 0 Å². The van der Waals surface area contributed by atoms with Gasteiger partial charge in [-0.05, 0) is 48.7 Å². The van der Waals surface area contributed by atoms with Crippen LogP contribution in [-0.4, -0.2) is 58.9 Å². The molecule has 4 N–H and O–H groups in total. The maximum Gasteiger partial charge on any atom is 0.256 e. The molecule has 1 aliphatic heterocycles. The van der Waals surface area contributed by atoms with Gasteiger partial charge in [-0.1, -0.05) is 50.2 Å². The van der Waals surface area contributed by atoms with Crippen molar-refractivity contribution in [1.82, 2.24) is 10.2 Å². The number of hydrogen-bond acceptors (Lipinski definition) is 5. The third kappa shape index (κ3) is 6.92. The quantitative estimate of drug-likeness (QED) is 0.327. The van der Waals surface area contributed by atoms with Crippen LogP contribution in [0.5, 0.6) is 0 Å². The molecule has 6 nitrogen and oxygen atoms in total. The van der Waals surface area contributed by atoms with E-state index in [1.807, 2.05) is 44.2 Å². The molecule has 0 bridgehead atoms. The van der Waals surface area contributed by atoms with Crippen molar-refractivity contribution in [3.05, 3.63) is 94.8 Å². The lowest BCUT2D eigenvalue weighted by atomic mass is 9.92. The van der Waals surface area contributed by atoms with Crippen LogP contribution in [0.3, 0.4) is 0 Å². The summed E-state index contributed by atoms with van der Waals surface area (Å²) in [7, 11) is 0. The number of hydrogen-bond donors (Lipinski definition) is 4. The van der Waals surface area contributed by atoms with E-state index < -0.39 is 34.6 Å². The maximum absolute atomic E-state index is 14.7. The second-order valence-electron chi connectivity index (χ2n) is 9.23. The van der Waals surface area contributed by atoms with Gasteiger partial charge in [0.25, 0.3) is 5.91 Å². The molecule has 0 aromatic heterocycles. The Kier molecular flexibility index (Phi) is 9.90. The first-order chi connectivity index (χ1) is 18.2. The van der Waals surface area contributed by atoms with Crippen LogP contribution in [0.1, 0.15) is 35.3 Å². The van der Waals surface area contributed by atoms with Crippen molar-refractivity contribution in [2.24, 2.45) is 0 Å². The van der Waals surface area contributed by atoms with Crippen LogP contribution in [0.2, 0.25) is 0 Å². The summed E-state index contributed by atoms with van der Waals surface area (Å²) in [5, 5.41) is 26.1. The van der Waals surface area contributed by atoms with E-state index in [0.717, 1.165) is 17.7 Å². The Morgan fingerprint density at radius 1 is 1.03 bits per heavy atom. The standard InChI is InChI=1S/C27H28F3N3O3.C2H6/c1-17-7-10-23(22(29)11-17)32-25-20(8-9-21(28)24(25)30)26(35)33-15-27(36,16-33)14-31-19(13-34)12-18-5-3-2-4-6-18;1-2/h2-11,19,31-32,34,36H,12-16H2,1H3;1-2H3. The van der Waals surface area contributed by atoms with Crippen LogP contribution in [0.25, 0.3) is 0 Å². The molecule has 1 heterocycles. The molecule has 3 aromatic rings. The van der Waals surface area contributed by atoms with Gasteiger partial charge in [0, 0.05) is 12.6 Å². The molecule has 0 spiro atoms. The lowest BCUT2D eigenvalue weighted by molar-refractivity contribution is -0.0803. The lowest BCUT2D eigenvalue weighted by Crippen LogP contribution is -2.68. The number of rotatable bonds is 9. The first-order valence-electron chi connectivity index (χ1n) is 12.6. The van der Waals surface area contributed by atoms with Gasteiger partial charge in [0.1, 0.15) is 11.4 Å². The molecule has 0 aliphatic carbocycles. The van der Waals surface area contributed by atoms with Gasteiger partial charge in [-0.25, -0.2) is 13.2 Å². The molecule has 4 rings (SSSR count). The molecule has 1 aliphatic rings. The van der Waals surface area contributed by atoms with E-state index in [0.29, 0.717) is 12.0 Å². The normalized spacial score (nSPS) is 14.7. The molecule has 1 fully saturated rings. The number of amides is 1. The van der Waals surface area contributed by atoms with E-state index >= 15 is 0 Å². The smallest absolute Gasteiger partial charge is 0.256 e. The summed E-state index contributed by atoms with van der Waals surface area (Å²) < 4.78 is 43.0. The highest BCUT2D eigenvalue weighted by molar-refractivity contribution is 6.01. The molecule has 1 atom stereocenters. The zero-order valence-electron chi connectivity index (χ0n) is 21.8. The Morgan fingerprint density at radius 3 is 2.34 bits per heavy atom. The summed E-state index contributed by atoms with van der Waals surface area (Å²) in [4.78, 5) is 14.4. The predicted molar refractivity (Wildman–Crippen MR) is 142 cm³/mol. The molecule has 0 saturated carbocycles. The van der Waals surface area contributed by atoms with Crippen LogP contribution in [0.15, 0.2) is 60.7 Å². The average molecular weight is 530 g/mol. The number of nitrogens with zero attached hydrogens (tertiary/aromatic N) is 1. The van der Waals surface area contributed by atoms with Gasteiger partial charge in [0.15, 0.2) is 11.6 Å². The van der Waals surface area contributed by atoms with Crippen LogP contribution in [0.4, 0.5) is 24.5 Å². The Bertz CT molecular complexity index is 1230. The van der Waals surface area contributed by atoms with Crippen molar-refractivity contribution in [1.29, 1.82) is 0 Å². The largest absolute Gasteiger partial charge is 0.395 e. The van der Waals surface area contributed by atoms with Crippen molar-refractivity contribution in [2.75, 3.05) is 31.6 Å². The summed E-state index contributed by atoms with van der Waals surface area (Å²) in [6, 6.07) is 15.5. The Labute approximate surface area is 221 Å². The number of benzene rings is 3. The fourth-order valence-electron chi connectivity index (χ4n) is 4.23. The monoisotopic (exact) mass is 529 g/mol. The van der Waals surface area contributed by atoms with Crippen LogP contribution in [0, 0.1) is 24.4 Å². The van der Waals surface area contributed by atoms with Crippen molar-refractivity contribution >= 4 is 17.3 Å². The maximum atomic E-state index is 14.7. The number of aliphatic hydroxyl groups excluding tert-OH is 1. The van der Waals surface area contributed by atoms with Gasteiger partial charge in [-0.15, -0.1) is 0 Å². The fourth-order valence-corrected chi connectivity index (χ4v) is 4.23. The Balaban J connectivity index is 0.00000195. The second kappa shape index (κ2) is 12.9. The van der Waals surface area contributed by atoms with Crippen LogP contribution < -0.4 is 10.6 Å². The number of carbonyl (C=O) groups excluding carboxylic acids is 1. The zero-order chi connectivity index (χ0) is 27.9. The van der Waals surface area contributed by atoms with Crippen molar-refractivity contribution < 1.29 is 28.2 Å². The zero-order valence-corrected chi connectivity index (χ0v) is 21.8. The molecule has 38 heavy (non-hydrogen) atoms. The summed E-state index contributed by atoms with van der Waals surface area (Å²) in [6.07, 6.45) is 0.565. The van der Waals surface area contributed by atoms with E-state index in [4.69, 9.17) is 0 Å². The molecule has 1 unspecified atom stereocenters. The number of halogens is 3. The number of aryl methyl sites for hydroxylation is 1. The minimum atomic E-state index is -1.30. The molecular weight excluding hydrogens is 495 g/mol. The van der Waals surface area contributed by atoms with E-state index in [9.17, 15) is 28.2 Å². The topological polar surface area (TPSA) is 84.8 Å². The van der Waals surface area contributed by atoms with Gasteiger partial charge in [0.05, 0.1) is 36.6 Å². The Morgan fingerprint density at radius 2 is 1.71 bits per heavy atom. The Hall–Kier alpha value is -3.40. The third-order valence-corrected chi connectivity index (χ3v) is 6.23.